The number of aromatic nitrogens is 3. The van der Waals surface area contributed by atoms with Gasteiger partial charge in [-0.3, -0.25) is 9.36 Å². The van der Waals surface area contributed by atoms with Crippen LogP contribution in [0.25, 0.3) is 10.9 Å². The zero-order valence-electron chi connectivity index (χ0n) is 16.3. The van der Waals surface area contributed by atoms with E-state index in [0.29, 0.717) is 42.0 Å². The molecule has 1 aliphatic heterocycles. The highest BCUT2D eigenvalue weighted by Gasteiger charge is 2.32. The third-order valence-electron chi connectivity index (χ3n) is 5.57. The van der Waals surface area contributed by atoms with Crippen molar-refractivity contribution in [1.82, 2.24) is 14.5 Å². The minimum absolute atomic E-state index is 0.188. The number of nitrogens with zero attached hydrogens (tertiary/aromatic N) is 4. The number of pyridine rings is 1. The Balaban J connectivity index is 1.45. The number of fused-ring (bicyclic) bond motifs is 1. The van der Waals surface area contributed by atoms with Gasteiger partial charge in [0.25, 0.3) is 5.56 Å². The Morgan fingerprint density at radius 3 is 2.50 bits per heavy atom. The Morgan fingerprint density at radius 2 is 1.87 bits per heavy atom. The fourth-order valence-corrected chi connectivity index (χ4v) is 3.89. The number of alkyl halides is 3. The van der Waals surface area contributed by atoms with Gasteiger partial charge in [-0.15, -0.1) is 0 Å². The fourth-order valence-electron chi connectivity index (χ4n) is 3.89. The number of rotatable bonds is 3. The molecule has 5 nitrogen and oxygen atoms in total. The van der Waals surface area contributed by atoms with Gasteiger partial charge in [-0.05, 0) is 49.9 Å². The molecule has 158 valence electrons. The molecule has 0 unspecified atom stereocenters. The summed E-state index contributed by atoms with van der Waals surface area (Å²) in [6.45, 7) is 3.56. The van der Waals surface area contributed by atoms with Crippen molar-refractivity contribution in [3.8, 4) is 0 Å². The molecule has 1 fully saturated rings. The van der Waals surface area contributed by atoms with Crippen molar-refractivity contribution in [1.29, 1.82) is 0 Å². The van der Waals surface area contributed by atoms with Crippen molar-refractivity contribution in [2.75, 3.05) is 18.0 Å². The summed E-state index contributed by atoms with van der Waals surface area (Å²) < 4.78 is 53.1. The molecule has 1 aliphatic rings. The molecule has 0 spiro atoms. The standard InChI is InChI=1S/C21H20F4N4O/c1-13-27-18-10-15(22)2-4-17(18)20(30)29(13)12-14-6-8-28(9-7-14)16-3-5-19(26-11-16)21(23,24)25/h2-5,10-11,14H,6-9,12H2,1H3. The Hall–Kier alpha value is -2.97. The number of hydrogen-bond donors (Lipinski definition) is 0. The molecule has 2 aromatic heterocycles. The average Bonchev–Trinajstić information content (AvgIpc) is 2.71. The second-order valence-corrected chi connectivity index (χ2v) is 7.57. The van der Waals surface area contributed by atoms with Crippen LogP contribution in [-0.4, -0.2) is 27.6 Å². The van der Waals surface area contributed by atoms with Gasteiger partial charge >= 0.3 is 6.18 Å². The molecule has 0 saturated carbocycles. The van der Waals surface area contributed by atoms with Gasteiger partial charge in [-0.2, -0.15) is 13.2 Å². The fraction of sp³-hybridized carbons (Fsp3) is 0.381. The lowest BCUT2D eigenvalue weighted by molar-refractivity contribution is -0.141. The van der Waals surface area contributed by atoms with Crippen molar-refractivity contribution < 1.29 is 17.6 Å². The zero-order valence-corrected chi connectivity index (χ0v) is 16.3. The second kappa shape index (κ2) is 7.70. The van der Waals surface area contributed by atoms with E-state index < -0.39 is 17.7 Å². The lowest BCUT2D eigenvalue weighted by Crippen LogP contribution is -2.37. The summed E-state index contributed by atoms with van der Waals surface area (Å²) in [4.78, 5) is 22.7. The summed E-state index contributed by atoms with van der Waals surface area (Å²) in [5, 5.41) is 0.385. The van der Waals surface area contributed by atoms with Gasteiger partial charge in [-0.1, -0.05) is 0 Å². The first-order chi connectivity index (χ1) is 14.2. The first-order valence-corrected chi connectivity index (χ1v) is 9.67. The largest absolute Gasteiger partial charge is 0.433 e. The van der Waals surface area contributed by atoms with Crippen molar-refractivity contribution in [3.05, 3.63) is 64.2 Å². The summed E-state index contributed by atoms with van der Waals surface area (Å²) in [5.41, 5.74) is -0.0888. The molecule has 9 heteroatoms. The maximum Gasteiger partial charge on any atom is 0.433 e. The van der Waals surface area contributed by atoms with Crippen LogP contribution >= 0.6 is 0 Å². The van der Waals surface area contributed by atoms with Crippen LogP contribution in [-0.2, 0) is 12.7 Å². The maximum absolute atomic E-state index is 13.4. The van der Waals surface area contributed by atoms with E-state index in [1.165, 1.54) is 30.5 Å². The molecule has 3 heterocycles. The lowest BCUT2D eigenvalue weighted by atomic mass is 9.96. The number of aryl methyl sites for hydroxylation is 1. The summed E-state index contributed by atoms with van der Waals surface area (Å²) in [5.74, 6) is 0.337. The van der Waals surface area contributed by atoms with Crippen LogP contribution < -0.4 is 10.5 Å². The zero-order chi connectivity index (χ0) is 21.5. The quantitative estimate of drug-likeness (QED) is 0.597. The molecule has 0 atom stereocenters. The van der Waals surface area contributed by atoms with E-state index in [9.17, 15) is 22.4 Å². The Bertz CT molecular complexity index is 1120. The number of hydrogen-bond acceptors (Lipinski definition) is 4. The van der Waals surface area contributed by atoms with E-state index >= 15 is 0 Å². The van der Waals surface area contributed by atoms with Crippen molar-refractivity contribution >= 4 is 16.6 Å². The van der Waals surface area contributed by atoms with E-state index in [1.807, 2.05) is 4.90 Å². The molecule has 0 N–H and O–H groups in total. The molecule has 0 bridgehead atoms. The highest BCUT2D eigenvalue weighted by molar-refractivity contribution is 5.77. The molecular formula is C21H20F4N4O. The lowest BCUT2D eigenvalue weighted by Gasteiger charge is -2.34. The average molecular weight is 420 g/mol. The molecule has 0 aliphatic carbocycles. The van der Waals surface area contributed by atoms with Gasteiger partial charge < -0.3 is 4.90 Å². The smallest absolute Gasteiger partial charge is 0.370 e. The van der Waals surface area contributed by atoms with Gasteiger partial charge in [0.05, 0.1) is 22.8 Å². The number of benzene rings is 1. The molecule has 1 aromatic carbocycles. The van der Waals surface area contributed by atoms with Gasteiger partial charge in [0.15, 0.2) is 0 Å². The monoisotopic (exact) mass is 420 g/mol. The summed E-state index contributed by atoms with van der Waals surface area (Å²) >= 11 is 0. The first-order valence-electron chi connectivity index (χ1n) is 9.67. The predicted molar refractivity (Wildman–Crippen MR) is 105 cm³/mol. The topological polar surface area (TPSA) is 51.0 Å². The van der Waals surface area contributed by atoms with Crippen LogP contribution in [0, 0.1) is 18.7 Å². The van der Waals surface area contributed by atoms with E-state index in [2.05, 4.69) is 9.97 Å². The van der Waals surface area contributed by atoms with E-state index in [0.717, 1.165) is 18.9 Å². The molecule has 0 amide bonds. The molecule has 3 aromatic rings. The minimum atomic E-state index is -4.45. The van der Waals surface area contributed by atoms with Crippen LogP contribution in [0.2, 0.25) is 0 Å². The maximum atomic E-state index is 13.4. The Labute approximate surface area is 170 Å². The summed E-state index contributed by atoms with van der Waals surface area (Å²) in [7, 11) is 0. The Morgan fingerprint density at radius 1 is 1.13 bits per heavy atom. The SMILES string of the molecule is Cc1nc2cc(F)ccc2c(=O)n1CC1CCN(c2ccc(C(F)(F)F)nc2)CC1. The van der Waals surface area contributed by atoms with E-state index in [-0.39, 0.29) is 11.5 Å². The third kappa shape index (κ3) is 4.01. The number of piperidine rings is 1. The molecule has 30 heavy (non-hydrogen) atoms. The van der Waals surface area contributed by atoms with E-state index in [1.54, 1.807) is 11.5 Å². The van der Waals surface area contributed by atoms with Crippen LogP contribution in [0.5, 0.6) is 0 Å². The van der Waals surface area contributed by atoms with Crippen molar-refractivity contribution in [2.45, 2.75) is 32.5 Å². The third-order valence-corrected chi connectivity index (χ3v) is 5.57. The van der Waals surface area contributed by atoms with E-state index in [4.69, 9.17) is 0 Å². The molecular weight excluding hydrogens is 400 g/mol. The number of anilines is 1. The van der Waals surface area contributed by atoms with Gasteiger partial charge in [-0.25, -0.2) is 14.4 Å². The van der Waals surface area contributed by atoms with Gasteiger partial charge in [0.2, 0.25) is 0 Å². The predicted octanol–water partition coefficient (Wildman–Crippen LogP) is 4.17. The highest BCUT2D eigenvalue weighted by atomic mass is 19.4. The minimum Gasteiger partial charge on any atom is -0.370 e. The molecule has 0 radical (unpaired) electrons. The summed E-state index contributed by atoms with van der Waals surface area (Å²) in [6, 6.07) is 6.40. The summed E-state index contributed by atoms with van der Waals surface area (Å²) in [6.07, 6.45) is -1.62. The first kappa shape index (κ1) is 20.3. The van der Waals surface area contributed by atoms with Gasteiger partial charge in [0, 0.05) is 25.7 Å². The van der Waals surface area contributed by atoms with Crippen molar-refractivity contribution in [2.24, 2.45) is 5.92 Å². The molecule has 4 rings (SSSR count). The normalized spacial score (nSPS) is 15.7. The van der Waals surface area contributed by atoms with Crippen molar-refractivity contribution in [3.63, 3.8) is 0 Å². The second-order valence-electron chi connectivity index (χ2n) is 7.57. The molecule has 1 saturated heterocycles. The Kier molecular flexibility index (Phi) is 5.21. The van der Waals surface area contributed by atoms with Crippen LogP contribution in [0.15, 0.2) is 41.3 Å². The van der Waals surface area contributed by atoms with Crippen LogP contribution in [0.1, 0.15) is 24.4 Å². The number of halogens is 4. The van der Waals surface area contributed by atoms with Crippen LogP contribution in [0.3, 0.4) is 0 Å². The highest BCUT2D eigenvalue weighted by Crippen LogP contribution is 2.30. The van der Waals surface area contributed by atoms with Gasteiger partial charge in [0.1, 0.15) is 17.3 Å². The van der Waals surface area contributed by atoms with Crippen LogP contribution in [0.4, 0.5) is 23.2 Å².